The summed E-state index contributed by atoms with van der Waals surface area (Å²) in [5.74, 6) is 0.313. The third kappa shape index (κ3) is 5.55. The highest BCUT2D eigenvalue weighted by atomic mass is 32.2. The molecule has 4 rings (SSSR count). The van der Waals surface area contributed by atoms with Gasteiger partial charge in [-0.1, -0.05) is 55.0 Å². The lowest BCUT2D eigenvalue weighted by molar-refractivity contribution is -0.122. The van der Waals surface area contributed by atoms with E-state index in [9.17, 15) is 13.2 Å². The van der Waals surface area contributed by atoms with Crippen LogP contribution in [0.1, 0.15) is 18.9 Å². The van der Waals surface area contributed by atoms with Crippen molar-refractivity contribution >= 4 is 38.1 Å². The van der Waals surface area contributed by atoms with Crippen molar-refractivity contribution in [3.05, 3.63) is 96.6 Å². The first-order chi connectivity index (χ1) is 16.3. The van der Waals surface area contributed by atoms with Crippen LogP contribution in [-0.4, -0.2) is 20.4 Å². The van der Waals surface area contributed by atoms with E-state index in [1.54, 1.807) is 24.3 Å². The van der Waals surface area contributed by atoms with Crippen LogP contribution in [0.25, 0.3) is 10.8 Å². The SMILES string of the molecule is CCC(Oc1ccc2ccccc2c1)C(=O)Nc1ccc(S(=O)(=O)Nc2ccc(C)cc2)cc1. The van der Waals surface area contributed by atoms with Crippen molar-refractivity contribution < 1.29 is 17.9 Å². The quantitative estimate of drug-likeness (QED) is 0.341. The number of hydrogen-bond acceptors (Lipinski definition) is 4. The number of fused-ring (bicyclic) bond motifs is 1. The molecule has 0 bridgehead atoms. The van der Waals surface area contributed by atoms with E-state index in [-0.39, 0.29) is 10.8 Å². The van der Waals surface area contributed by atoms with Crippen LogP contribution in [0.5, 0.6) is 5.75 Å². The summed E-state index contributed by atoms with van der Waals surface area (Å²) in [5, 5.41) is 4.94. The number of benzene rings is 4. The molecular weight excluding hydrogens is 448 g/mol. The molecule has 0 aliphatic rings. The molecule has 174 valence electrons. The minimum absolute atomic E-state index is 0.102. The van der Waals surface area contributed by atoms with Crippen LogP contribution in [0.2, 0.25) is 0 Å². The maximum Gasteiger partial charge on any atom is 0.265 e. The molecule has 0 aliphatic heterocycles. The van der Waals surface area contributed by atoms with E-state index < -0.39 is 16.1 Å². The maximum atomic E-state index is 12.8. The van der Waals surface area contributed by atoms with Crippen LogP contribution in [0.15, 0.2) is 95.9 Å². The lowest BCUT2D eigenvalue weighted by Crippen LogP contribution is -2.32. The van der Waals surface area contributed by atoms with Gasteiger partial charge < -0.3 is 10.1 Å². The minimum atomic E-state index is -3.74. The number of nitrogens with one attached hydrogen (secondary N) is 2. The predicted octanol–water partition coefficient (Wildman–Crippen LogP) is 5.75. The second-order valence-corrected chi connectivity index (χ2v) is 9.69. The van der Waals surface area contributed by atoms with Gasteiger partial charge in [-0.2, -0.15) is 0 Å². The first-order valence-corrected chi connectivity index (χ1v) is 12.5. The fourth-order valence-electron chi connectivity index (χ4n) is 3.50. The summed E-state index contributed by atoms with van der Waals surface area (Å²) >= 11 is 0. The van der Waals surface area contributed by atoms with Crippen LogP contribution in [0.3, 0.4) is 0 Å². The lowest BCUT2D eigenvalue weighted by Gasteiger charge is -2.18. The van der Waals surface area contributed by atoms with E-state index in [2.05, 4.69) is 10.0 Å². The third-order valence-electron chi connectivity index (χ3n) is 5.40. The second kappa shape index (κ2) is 9.97. The number of amides is 1. The van der Waals surface area contributed by atoms with Gasteiger partial charge in [-0.15, -0.1) is 0 Å². The Bertz CT molecular complexity index is 1400. The average Bonchev–Trinajstić information content (AvgIpc) is 2.84. The summed E-state index contributed by atoms with van der Waals surface area (Å²) < 4.78 is 33.8. The summed E-state index contributed by atoms with van der Waals surface area (Å²) in [6.07, 6.45) is -0.209. The molecule has 1 unspecified atom stereocenters. The largest absolute Gasteiger partial charge is 0.481 e. The Morgan fingerprint density at radius 1 is 0.853 bits per heavy atom. The number of hydrogen-bond donors (Lipinski definition) is 2. The number of ether oxygens (including phenoxy) is 1. The number of aryl methyl sites for hydroxylation is 1. The molecule has 0 aliphatic carbocycles. The van der Waals surface area contributed by atoms with Gasteiger partial charge in [0.25, 0.3) is 15.9 Å². The Morgan fingerprint density at radius 2 is 1.50 bits per heavy atom. The zero-order valence-corrected chi connectivity index (χ0v) is 19.8. The summed E-state index contributed by atoms with van der Waals surface area (Å²) in [7, 11) is -3.74. The topological polar surface area (TPSA) is 84.5 Å². The zero-order chi connectivity index (χ0) is 24.1. The first kappa shape index (κ1) is 23.3. The van der Waals surface area contributed by atoms with Crippen LogP contribution in [0.4, 0.5) is 11.4 Å². The molecule has 2 N–H and O–H groups in total. The normalized spacial score (nSPS) is 12.2. The van der Waals surface area contributed by atoms with Crippen molar-refractivity contribution in [2.24, 2.45) is 0 Å². The van der Waals surface area contributed by atoms with Gasteiger partial charge in [0.2, 0.25) is 0 Å². The van der Waals surface area contributed by atoms with Crippen molar-refractivity contribution in [2.45, 2.75) is 31.3 Å². The van der Waals surface area contributed by atoms with Gasteiger partial charge >= 0.3 is 0 Å². The monoisotopic (exact) mass is 474 g/mol. The maximum absolute atomic E-state index is 12.8. The van der Waals surface area contributed by atoms with E-state index in [1.807, 2.05) is 68.4 Å². The van der Waals surface area contributed by atoms with Crippen molar-refractivity contribution in [3.63, 3.8) is 0 Å². The minimum Gasteiger partial charge on any atom is -0.481 e. The fraction of sp³-hybridized carbons (Fsp3) is 0.148. The van der Waals surface area contributed by atoms with Crippen LogP contribution < -0.4 is 14.8 Å². The van der Waals surface area contributed by atoms with Gasteiger partial charge in [0.05, 0.1) is 4.90 Å². The van der Waals surface area contributed by atoms with Gasteiger partial charge in [0.1, 0.15) is 5.75 Å². The van der Waals surface area contributed by atoms with E-state index in [4.69, 9.17) is 4.74 Å². The molecule has 1 amide bonds. The molecule has 0 radical (unpaired) electrons. The Kier molecular flexibility index (Phi) is 6.84. The van der Waals surface area contributed by atoms with Gasteiger partial charge in [-0.25, -0.2) is 8.42 Å². The molecule has 34 heavy (non-hydrogen) atoms. The van der Waals surface area contributed by atoms with Gasteiger partial charge in [-0.05, 0) is 72.6 Å². The molecule has 0 spiro atoms. The van der Waals surface area contributed by atoms with Gasteiger partial charge in [0, 0.05) is 11.4 Å². The summed E-state index contributed by atoms with van der Waals surface area (Å²) in [6.45, 7) is 3.80. The molecule has 0 fully saturated rings. The van der Waals surface area contributed by atoms with Gasteiger partial charge in [0.15, 0.2) is 6.10 Å². The van der Waals surface area contributed by atoms with Crippen molar-refractivity contribution in [3.8, 4) is 5.75 Å². The van der Waals surface area contributed by atoms with Crippen LogP contribution in [-0.2, 0) is 14.8 Å². The zero-order valence-electron chi connectivity index (χ0n) is 19.0. The Hall–Kier alpha value is -3.84. The standard InChI is InChI=1S/C27H26N2O4S/c1-3-26(33-24-15-10-20-6-4-5-7-21(20)18-24)27(30)28-22-13-16-25(17-14-22)34(31,32)29-23-11-8-19(2)9-12-23/h4-18,26,29H,3H2,1-2H3,(H,28,30). The Balaban J connectivity index is 1.41. The first-order valence-electron chi connectivity index (χ1n) is 11.0. The molecule has 7 heteroatoms. The van der Waals surface area contributed by atoms with Crippen molar-refractivity contribution in [1.82, 2.24) is 0 Å². The Morgan fingerprint density at radius 3 is 2.18 bits per heavy atom. The molecule has 0 heterocycles. The van der Waals surface area contributed by atoms with Gasteiger partial charge in [-0.3, -0.25) is 9.52 Å². The number of anilines is 2. The molecule has 4 aromatic carbocycles. The highest BCUT2D eigenvalue weighted by Crippen LogP contribution is 2.23. The van der Waals surface area contributed by atoms with E-state index in [0.717, 1.165) is 16.3 Å². The van der Waals surface area contributed by atoms with Crippen LogP contribution >= 0.6 is 0 Å². The van der Waals surface area contributed by atoms with Crippen LogP contribution in [0, 0.1) is 6.92 Å². The summed E-state index contributed by atoms with van der Waals surface area (Å²) in [6, 6.07) is 26.8. The molecule has 0 aromatic heterocycles. The highest BCUT2D eigenvalue weighted by Gasteiger charge is 2.20. The fourth-order valence-corrected chi connectivity index (χ4v) is 4.56. The summed E-state index contributed by atoms with van der Waals surface area (Å²) in [5.41, 5.74) is 2.01. The second-order valence-electron chi connectivity index (χ2n) is 8.01. The smallest absolute Gasteiger partial charge is 0.265 e. The third-order valence-corrected chi connectivity index (χ3v) is 6.80. The van der Waals surface area contributed by atoms with Crippen molar-refractivity contribution in [1.29, 1.82) is 0 Å². The molecule has 0 saturated carbocycles. The summed E-state index contributed by atoms with van der Waals surface area (Å²) in [4.78, 5) is 12.9. The van der Waals surface area contributed by atoms with E-state index in [0.29, 0.717) is 23.5 Å². The highest BCUT2D eigenvalue weighted by molar-refractivity contribution is 7.92. The molecule has 0 saturated heterocycles. The van der Waals surface area contributed by atoms with E-state index in [1.165, 1.54) is 12.1 Å². The molecule has 6 nitrogen and oxygen atoms in total. The number of carbonyl (C=O) groups excluding carboxylic acids is 1. The molecule has 1 atom stereocenters. The number of sulfonamides is 1. The average molecular weight is 475 g/mol. The van der Waals surface area contributed by atoms with Crippen molar-refractivity contribution in [2.75, 3.05) is 10.0 Å². The Labute approximate surface area is 199 Å². The van der Waals surface area contributed by atoms with E-state index >= 15 is 0 Å². The number of carbonyl (C=O) groups is 1. The predicted molar refractivity (Wildman–Crippen MR) is 136 cm³/mol. The lowest BCUT2D eigenvalue weighted by atomic mass is 10.1. The molecular formula is C27H26N2O4S. The number of rotatable bonds is 8. The molecule has 4 aromatic rings.